The van der Waals surface area contributed by atoms with E-state index in [1.165, 1.54) is 38.5 Å². The lowest BCUT2D eigenvalue weighted by atomic mass is 9.77. The molecule has 0 aromatic carbocycles. The molecule has 1 unspecified atom stereocenters. The van der Waals surface area contributed by atoms with Gasteiger partial charge in [-0.05, 0) is 58.9 Å². The van der Waals surface area contributed by atoms with Gasteiger partial charge in [0, 0.05) is 12.6 Å². The minimum absolute atomic E-state index is 0.165. The first-order valence-corrected chi connectivity index (χ1v) is 7.23. The molecule has 100 valence electrons. The first-order valence-electron chi connectivity index (χ1n) is 7.23. The molecular weight excluding hydrogens is 214 g/mol. The van der Waals surface area contributed by atoms with Crippen molar-refractivity contribution in [3.05, 3.63) is 0 Å². The molecule has 0 heterocycles. The van der Waals surface area contributed by atoms with Gasteiger partial charge in [0.1, 0.15) is 0 Å². The van der Waals surface area contributed by atoms with Crippen LogP contribution in [0.5, 0.6) is 0 Å². The first kappa shape index (κ1) is 13.3. The molecule has 2 rings (SSSR count). The van der Waals surface area contributed by atoms with Gasteiger partial charge in [-0.2, -0.15) is 0 Å². The normalized spacial score (nSPS) is 24.4. The summed E-state index contributed by atoms with van der Waals surface area (Å²) in [6, 6.07) is 0.813. The maximum atomic E-state index is 6.21. The van der Waals surface area contributed by atoms with E-state index in [1.54, 1.807) is 0 Å². The third-order valence-electron chi connectivity index (χ3n) is 3.86. The lowest BCUT2D eigenvalue weighted by molar-refractivity contribution is -0.153. The van der Waals surface area contributed by atoms with E-state index >= 15 is 0 Å². The Labute approximate surface area is 105 Å². The summed E-state index contributed by atoms with van der Waals surface area (Å²) in [7, 11) is 0. The molecule has 3 nitrogen and oxygen atoms in total. The summed E-state index contributed by atoms with van der Waals surface area (Å²) in [6.07, 6.45) is 7.93. The van der Waals surface area contributed by atoms with Crippen LogP contribution in [0.15, 0.2) is 0 Å². The molecule has 3 heteroatoms. The fourth-order valence-corrected chi connectivity index (χ4v) is 2.53. The molecule has 2 aliphatic rings. The summed E-state index contributed by atoms with van der Waals surface area (Å²) in [5.41, 5.74) is 0.165. The van der Waals surface area contributed by atoms with Crippen LogP contribution in [0.2, 0.25) is 0 Å². The predicted molar refractivity (Wildman–Crippen MR) is 69.3 cm³/mol. The zero-order valence-electron chi connectivity index (χ0n) is 11.3. The highest BCUT2D eigenvalue weighted by Crippen LogP contribution is 2.39. The second kappa shape index (κ2) is 6.17. The van der Waals surface area contributed by atoms with Crippen LogP contribution in [-0.4, -0.2) is 37.5 Å². The molecular formula is C14H27NO2. The minimum Gasteiger partial charge on any atom is -0.379 e. The molecule has 0 radical (unpaired) electrons. The van der Waals surface area contributed by atoms with Crippen molar-refractivity contribution in [2.45, 2.75) is 70.1 Å². The fraction of sp³-hybridized carbons (Fsp3) is 1.00. The van der Waals surface area contributed by atoms with Crippen molar-refractivity contribution in [1.29, 1.82) is 0 Å². The van der Waals surface area contributed by atoms with Gasteiger partial charge in [-0.3, -0.25) is 0 Å². The fourth-order valence-electron chi connectivity index (χ4n) is 2.53. The number of rotatable bonds is 9. The summed E-state index contributed by atoms with van der Waals surface area (Å²) in [5.74, 6) is 0. The maximum Gasteiger partial charge on any atom is 0.0787 e. The van der Waals surface area contributed by atoms with Crippen LogP contribution in [0.4, 0.5) is 0 Å². The van der Waals surface area contributed by atoms with Gasteiger partial charge in [-0.1, -0.05) is 0 Å². The Morgan fingerprint density at radius 2 is 2.12 bits per heavy atom. The van der Waals surface area contributed by atoms with Crippen molar-refractivity contribution < 1.29 is 9.47 Å². The molecule has 1 atom stereocenters. The molecule has 2 saturated carbocycles. The highest BCUT2D eigenvalue weighted by Gasteiger charge is 2.39. The smallest absolute Gasteiger partial charge is 0.0787 e. The first-order chi connectivity index (χ1) is 8.24. The van der Waals surface area contributed by atoms with E-state index in [9.17, 15) is 0 Å². The quantitative estimate of drug-likeness (QED) is 0.673. The summed E-state index contributed by atoms with van der Waals surface area (Å²) >= 11 is 0. The molecule has 2 fully saturated rings. The van der Waals surface area contributed by atoms with Crippen molar-refractivity contribution in [3.8, 4) is 0 Å². The Balaban J connectivity index is 1.65. The van der Waals surface area contributed by atoms with Crippen molar-refractivity contribution in [1.82, 2.24) is 5.32 Å². The summed E-state index contributed by atoms with van der Waals surface area (Å²) in [6.45, 7) is 6.79. The van der Waals surface area contributed by atoms with E-state index in [1.807, 2.05) is 6.92 Å². The van der Waals surface area contributed by atoms with Crippen LogP contribution >= 0.6 is 0 Å². The Morgan fingerprint density at radius 3 is 2.65 bits per heavy atom. The van der Waals surface area contributed by atoms with Crippen molar-refractivity contribution in [3.63, 3.8) is 0 Å². The zero-order valence-corrected chi connectivity index (χ0v) is 11.3. The molecule has 0 saturated heterocycles. The van der Waals surface area contributed by atoms with Gasteiger partial charge >= 0.3 is 0 Å². The van der Waals surface area contributed by atoms with Crippen LogP contribution in [0.25, 0.3) is 0 Å². The Hall–Kier alpha value is -0.120. The van der Waals surface area contributed by atoms with Crippen molar-refractivity contribution in [2.24, 2.45) is 0 Å². The monoisotopic (exact) mass is 241 g/mol. The highest BCUT2D eigenvalue weighted by atomic mass is 16.5. The van der Waals surface area contributed by atoms with Crippen molar-refractivity contribution in [2.75, 3.05) is 19.8 Å². The second-order valence-electron chi connectivity index (χ2n) is 5.60. The summed E-state index contributed by atoms with van der Waals surface area (Å²) in [5, 5.41) is 3.59. The Kier molecular flexibility index (Phi) is 4.83. The maximum absolute atomic E-state index is 6.21. The van der Waals surface area contributed by atoms with Gasteiger partial charge in [0.15, 0.2) is 0 Å². The van der Waals surface area contributed by atoms with E-state index in [2.05, 4.69) is 12.2 Å². The SMILES string of the molecule is CCOCC(C)OC1(CCNC2CC2)CCC1. The van der Waals surface area contributed by atoms with E-state index < -0.39 is 0 Å². The highest BCUT2D eigenvalue weighted by molar-refractivity contribution is 4.92. The topological polar surface area (TPSA) is 30.5 Å². The molecule has 1 N–H and O–H groups in total. The van der Waals surface area contributed by atoms with E-state index in [4.69, 9.17) is 9.47 Å². The van der Waals surface area contributed by atoms with Gasteiger partial charge in [0.05, 0.1) is 18.3 Å². The van der Waals surface area contributed by atoms with E-state index in [0.29, 0.717) is 0 Å². The Morgan fingerprint density at radius 1 is 1.35 bits per heavy atom. The lowest BCUT2D eigenvalue weighted by Crippen LogP contribution is -2.45. The molecule has 17 heavy (non-hydrogen) atoms. The second-order valence-corrected chi connectivity index (χ2v) is 5.60. The van der Waals surface area contributed by atoms with Crippen LogP contribution in [0, 0.1) is 0 Å². The van der Waals surface area contributed by atoms with Gasteiger partial charge in [-0.25, -0.2) is 0 Å². The molecule has 0 aromatic heterocycles. The van der Waals surface area contributed by atoms with Gasteiger partial charge in [0.25, 0.3) is 0 Å². The zero-order chi connectivity index (χ0) is 12.1. The molecule has 0 bridgehead atoms. The van der Waals surface area contributed by atoms with Crippen LogP contribution < -0.4 is 5.32 Å². The lowest BCUT2D eigenvalue weighted by Gasteiger charge is -2.43. The third kappa shape index (κ3) is 4.23. The van der Waals surface area contributed by atoms with Gasteiger partial charge in [-0.15, -0.1) is 0 Å². The number of nitrogens with one attached hydrogen (secondary N) is 1. The number of hydrogen-bond acceptors (Lipinski definition) is 3. The standard InChI is InChI=1S/C14H27NO2/c1-3-16-11-12(2)17-14(7-4-8-14)9-10-15-13-5-6-13/h12-13,15H,3-11H2,1-2H3. The third-order valence-corrected chi connectivity index (χ3v) is 3.86. The number of hydrogen-bond donors (Lipinski definition) is 1. The van der Waals surface area contributed by atoms with Gasteiger partial charge < -0.3 is 14.8 Å². The summed E-state index contributed by atoms with van der Waals surface area (Å²) in [4.78, 5) is 0. The largest absolute Gasteiger partial charge is 0.379 e. The number of ether oxygens (including phenoxy) is 2. The summed E-state index contributed by atoms with van der Waals surface area (Å²) < 4.78 is 11.6. The van der Waals surface area contributed by atoms with Gasteiger partial charge in [0.2, 0.25) is 0 Å². The molecule has 0 aliphatic heterocycles. The minimum atomic E-state index is 0.165. The van der Waals surface area contributed by atoms with E-state index in [0.717, 1.165) is 25.8 Å². The van der Waals surface area contributed by atoms with Crippen molar-refractivity contribution >= 4 is 0 Å². The van der Waals surface area contributed by atoms with Crippen LogP contribution in [0.3, 0.4) is 0 Å². The molecule has 0 aromatic rings. The molecule has 2 aliphatic carbocycles. The average Bonchev–Trinajstić information content (AvgIpc) is 3.06. The molecule has 0 amide bonds. The predicted octanol–water partition coefficient (Wildman–Crippen LogP) is 2.49. The van der Waals surface area contributed by atoms with E-state index in [-0.39, 0.29) is 11.7 Å². The van der Waals surface area contributed by atoms with Crippen LogP contribution in [-0.2, 0) is 9.47 Å². The average molecular weight is 241 g/mol. The van der Waals surface area contributed by atoms with Crippen LogP contribution in [0.1, 0.15) is 52.4 Å². The molecule has 0 spiro atoms. The Bertz CT molecular complexity index is 224.